The maximum Gasteiger partial charge on any atom is 0.272 e. The Kier molecular flexibility index (Phi) is 5.05. The van der Waals surface area contributed by atoms with Gasteiger partial charge in [-0.2, -0.15) is 0 Å². The van der Waals surface area contributed by atoms with Crippen LogP contribution in [0.5, 0.6) is 0 Å². The van der Waals surface area contributed by atoms with Gasteiger partial charge in [0.2, 0.25) is 5.89 Å². The fourth-order valence-corrected chi connectivity index (χ4v) is 3.43. The molecule has 1 aliphatic rings. The van der Waals surface area contributed by atoms with Crippen LogP contribution in [0.25, 0.3) is 23.0 Å². The molecule has 0 bridgehead atoms. The van der Waals surface area contributed by atoms with Gasteiger partial charge in [0.25, 0.3) is 11.8 Å². The van der Waals surface area contributed by atoms with Gasteiger partial charge in [0, 0.05) is 37.9 Å². The number of benzene rings is 1. The zero-order valence-electron chi connectivity index (χ0n) is 16.6. The molecule has 9 heteroatoms. The number of hydrogen-bond donors (Lipinski definition) is 0. The Balaban J connectivity index is 1.28. The van der Waals surface area contributed by atoms with E-state index in [-0.39, 0.29) is 5.91 Å². The Morgan fingerprint density at radius 3 is 2.42 bits per heavy atom. The maximum atomic E-state index is 12.6. The van der Waals surface area contributed by atoms with Crippen LogP contribution < -0.4 is 4.90 Å². The van der Waals surface area contributed by atoms with Crippen LogP contribution in [-0.4, -0.2) is 62.1 Å². The molecule has 1 fully saturated rings. The highest BCUT2D eigenvalue weighted by Gasteiger charge is 2.24. The summed E-state index contributed by atoms with van der Waals surface area (Å²) in [4.78, 5) is 29.6. The van der Waals surface area contributed by atoms with Crippen molar-refractivity contribution in [2.24, 2.45) is 0 Å². The first-order chi connectivity index (χ1) is 15.3. The molecular formula is C22H19N7O2. The summed E-state index contributed by atoms with van der Waals surface area (Å²) < 4.78 is 5.79. The minimum absolute atomic E-state index is 0.0561. The third-order valence-electron chi connectivity index (χ3n) is 5.06. The molecule has 154 valence electrons. The lowest BCUT2D eigenvalue weighted by Gasteiger charge is -2.35. The van der Waals surface area contributed by atoms with E-state index in [1.165, 1.54) is 0 Å². The lowest BCUT2D eigenvalue weighted by atomic mass is 10.2. The molecule has 1 aromatic carbocycles. The maximum absolute atomic E-state index is 12.6. The molecule has 1 saturated heterocycles. The van der Waals surface area contributed by atoms with E-state index >= 15 is 0 Å². The molecule has 0 saturated carbocycles. The quantitative estimate of drug-likeness (QED) is 0.503. The first kappa shape index (κ1) is 18.9. The molecule has 9 nitrogen and oxygen atoms in total. The van der Waals surface area contributed by atoms with E-state index in [1.807, 2.05) is 36.4 Å². The predicted octanol–water partition coefficient (Wildman–Crippen LogP) is 2.55. The molecule has 31 heavy (non-hydrogen) atoms. The third-order valence-corrected chi connectivity index (χ3v) is 5.06. The first-order valence-corrected chi connectivity index (χ1v) is 9.94. The lowest BCUT2D eigenvalue weighted by Crippen LogP contribution is -2.49. The van der Waals surface area contributed by atoms with Crippen molar-refractivity contribution in [2.75, 3.05) is 31.1 Å². The molecule has 0 unspecified atom stereocenters. The minimum Gasteiger partial charge on any atom is -0.415 e. The zero-order valence-corrected chi connectivity index (χ0v) is 16.6. The highest BCUT2D eigenvalue weighted by atomic mass is 16.4. The number of piperazine rings is 1. The van der Waals surface area contributed by atoms with E-state index in [0.29, 0.717) is 55.2 Å². The summed E-state index contributed by atoms with van der Waals surface area (Å²) in [6.07, 6.45) is 4.94. The fourth-order valence-electron chi connectivity index (χ4n) is 3.43. The average molecular weight is 413 g/mol. The molecule has 5 rings (SSSR count). The molecule has 0 atom stereocenters. The Morgan fingerprint density at radius 1 is 0.871 bits per heavy atom. The van der Waals surface area contributed by atoms with E-state index in [9.17, 15) is 4.79 Å². The largest absolute Gasteiger partial charge is 0.415 e. The standard InChI is InChI=1S/C22H19N7O2/c30-22(17-8-4-5-9-24-17)29-12-10-28(11-13-29)19-15-23-14-18(25-19)21-27-26-20(31-21)16-6-2-1-3-7-16/h1-9,14-15H,10-13H2. The van der Waals surface area contributed by atoms with E-state index in [2.05, 4.69) is 30.0 Å². The molecule has 0 aliphatic carbocycles. The number of aromatic nitrogens is 5. The number of carbonyl (C=O) groups is 1. The average Bonchev–Trinajstić information content (AvgIpc) is 3.35. The van der Waals surface area contributed by atoms with Crippen molar-refractivity contribution in [2.45, 2.75) is 0 Å². The van der Waals surface area contributed by atoms with Crippen molar-refractivity contribution in [1.82, 2.24) is 30.0 Å². The molecule has 3 aromatic heterocycles. The van der Waals surface area contributed by atoms with Crippen molar-refractivity contribution in [3.05, 3.63) is 72.8 Å². The summed E-state index contributed by atoms with van der Waals surface area (Å²) in [7, 11) is 0. The van der Waals surface area contributed by atoms with Gasteiger partial charge in [-0.25, -0.2) is 4.98 Å². The minimum atomic E-state index is -0.0561. The van der Waals surface area contributed by atoms with Gasteiger partial charge >= 0.3 is 0 Å². The number of rotatable bonds is 4. The van der Waals surface area contributed by atoms with E-state index in [0.717, 1.165) is 5.56 Å². The smallest absolute Gasteiger partial charge is 0.272 e. The van der Waals surface area contributed by atoms with Gasteiger partial charge in [0.15, 0.2) is 0 Å². The second-order valence-corrected chi connectivity index (χ2v) is 7.04. The van der Waals surface area contributed by atoms with Crippen LogP contribution in [0.3, 0.4) is 0 Å². The van der Waals surface area contributed by atoms with Crippen LogP contribution in [0.1, 0.15) is 10.5 Å². The topological polar surface area (TPSA) is 101 Å². The molecule has 4 heterocycles. The van der Waals surface area contributed by atoms with Gasteiger partial charge in [-0.1, -0.05) is 24.3 Å². The van der Waals surface area contributed by atoms with Crippen molar-refractivity contribution in [1.29, 1.82) is 0 Å². The predicted molar refractivity (Wildman–Crippen MR) is 113 cm³/mol. The van der Waals surface area contributed by atoms with Gasteiger partial charge in [-0.05, 0) is 24.3 Å². The summed E-state index contributed by atoms with van der Waals surface area (Å²) in [5.74, 6) is 1.41. The SMILES string of the molecule is O=C(c1ccccn1)N1CCN(c2cncc(-c3nnc(-c4ccccc4)o3)n2)CC1. The van der Waals surface area contributed by atoms with E-state index < -0.39 is 0 Å². The van der Waals surface area contributed by atoms with Crippen LogP contribution in [0, 0.1) is 0 Å². The molecule has 1 aliphatic heterocycles. The molecule has 4 aromatic rings. The van der Waals surface area contributed by atoms with Crippen molar-refractivity contribution in [3.8, 4) is 23.0 Å². The zero-order chi connectivity index (χ0) is 21.0. The Morgan fingerprint density at radius 2 is 1.65 bits per heavy atom. The summed E-state index contributed by atoms with van der Waals surface area (Å²) >= 11 is 0. The summed E-state index contributed by atoms with van der Waals surface area (Å²) in [5.41, 5.74) is 1.82. The molecule has 0 radical (unpaired) electrons. The van der Waals surface area contributed by atoms with Gasteiger partial charge in [0.1, 0.15) is 17.2 Å². The fraction of sp³-hybridized carbons (Fsp3) is 0.182. The number of nitrogens with zero attached hydrogens (tertiary/aromatic N) is 7. The Labute approximate surface area is 178 Å². The Hall–Kier alpha value is -4.14. The van der Waals surface area contributed by atoms with Gasteiger partial charge in [0.05, 0.1) is 12.4 Å². The highest BCUT2D eigenvalue weighted by molar-refractivity contribution is 5.92. The van der Waals surface area contributed by atoms with Crippen molar-refractivity contribution in [3.63, 3.8) is 0 Å². The Bertz CT molecular complexity index is 1170. The third kappa shape index (κ3) is 3.97. The molecule has 1 amide bonds. The van der Waals surface area contributed by atoms with E-state index in [4.69, 9.17) is 4.42 Å². The van der Waals surface area contributed by atoms with Crippen LogP contribution in [0.15, 0.2) is 71.5 Å². The first-order valence-electron chi connectivity index (χ1n) is 9.94. The molecular weight excluding hydrogens is 394 g/mol. The second kappa shape index (κ2) is 8.31. The van der Waals surface area contributed by atoms with Crippen LogP contribution >= 0.6 is 0 Å². The lowest BCUT2D eigenvalue weighted by molar-refractivity contribution is 0.0740. The monoisotopic (exact) mass is 413 g/mol. The second-order valence-electron chi connectivity index (χ2n) is 7.04. The summed E-state index contributed by atoms with van der Waals surface area (Å²) in [5, 5.41) is 8.24. The van der Waals surface area contributed by atoms with Crippen LogP contribution in [0.2, 0.25) is 0 Å². The van der Waals surface area contributed by atoms with Gasteiger partial charge in [-0.3, -0.25) is 14.8 Å². The van der Waals surface area contributed by atoms with Crippen LogP contribution in [0.4, 0.5) is 5.82 Å². The highest BCUT2D eigenvalue weighted by Crippen LogP contribution is 2.24. The van der Waals surface area contributed by atoms with Gasteiger partial charge in [-0.15, -0.1) is 10.2 Å². The number of pyridine rings is 1. The van der Waals surface area contributed by atoms with Crippen molar-refractivity contribution >= 4 is 11.7 Å². The molecule has 0 N–H and O–H groups in total. The van der Waals surface area contributed by atoms with Crippen LogP contribution in [-0.2, 0) is 0 Å². The number of hydrogen-bond acceptors (Lipinski definition) is 8. The van der Waals surface area contributed by atoms with Gasteiger partial charge < -0.3 is 14.2 Å². The normalized spacial score (nSPS) is 13.9. The number of anilines is 1. The number of amides is 1. The molecule has 0 spiro atoms. The van der Waals surface area contributed by atoms with Crippen molar-refractivity contribution < 1.29 is 9.21 Å². The number of carbonyl (C=O) groups excluding carboxylic acids is 1. The summed E-state index contributed by atoms with van der Waals surface area (Å²) in [6, 6.07) is 14.9. The summed E-state index contributed by atoms with van der Waals surface area (Å²) in [6.45, 7) is 2.46. The van der Waals surface area contributed by atoms with E-state index in [1.54, 1.807) is 35.6 Å².